The minimum atomic E-state index is -4.31. The second kappa shape index (κ2) is 10.1. The SMILES string of the molecule is CC1(CCCC(=O)O)C2=C3C=C4c5n(CCCS(=O)(=O)[O-])c6ccccc6[n+]5CCC4OC3CCN2c2ccccc21. The molecule has 0 amide bonds. The summed E-state index contributed by atoms with van der Waals surface area (Å²) in [6.45, 7) is 4.28. The fourth-order valence-corrected chi connectivity index (χ4v) is 8.28. The number of carboxylic acids is 1. The van der Waals surface area contributed by atoms with E-state index in [1.807, 2.05) is 18.2 Å². The van der Waals surface area contributed by atoms with Gasteiger partial charge in [-0.15, -0.1) is 0 Å². The van der Waals surface area contributed by atoms with Gasteiger partial charge in [0.1, 0.15) is 0 Å². The highest BCUT2D eigenvalue weighted by Gasteiger charge is 2.50. The van der Waals surface area contributed by atoms with Gasteiger partial charge < -0.3 is 19.3 Å². The van der Waals surface area contributed by atoms with Crippen molar-refractivity contribution in [2.75, 3.05) is 17.2 Å². The first-order valence-corrected chi connectivity index (χ1v) is 16.4. The fourth-order valence-electron chi connectivity index (χ4n) is 7.80. The molecule has 1 aromatic heterocycles. The Labute approximate surface area is 245 Å². The van der Waals surface area contributed by atoms with E-state index in [1.165, 1.54) is 16.9 Å². The molecule has 0 bridgehead atoms. The molecular formula is C32H35N3O6S. The second-order valence-corrected chi connectivity index (χ2v) is 13.6. The number of nitrogens with zero attached hydrogens (tertiary/aromatic N) is 3. The number of hydrogen-bond donors (Lipinski definition) is 1. The van der Waals surface area contributed by atoms with Gasteiger partial charge in [-0.3, -0.25) is 4.79 Å². The molecule has 220 valence electrons. The van der Waals surface area contributed by atoms with Crippen LogP contribution in [0, 0.1) is 0 Å². The number of aliphatic carboxylic acids is 1. The van der Waals surface area contributed by atoms with E-state index in [0.717, 1.165) is 60.4 Å². The number of allylic oxidation sites excluding steroid dienone is 1. The van der Waals surface area contributed by atoms with Crippen LogP contribution in [-0.4, -0.2) is 53.1 Å². The lowest BCUT2D eigenvalue weighted by Crippen LogP contribution is -2.49. The molecular weight excluding hydrogens is 554 g/mol. The van der Waals surface area contributed by atoms with Crippen molar-refractivity contribution < 1.29 is 32.2 Å². The highest BCUT2D eigenvalue weighted by Crippen LogP contribution is 2.55. The summed E-state index contributed by atoms with van der Waals surface area (Å²) in [7, 11) is -4.31. The number of rotatable bonds is 8. The molecule has 0 saturated carbocycles. The number of anilines is 1. The zero-order chi connectivity index (χ0) is 29.2. The van der Waals surface area contributed by atoms with Crippen molar-refractivity contribution >= 4 is 38.4 Å². The predicted octanol–water partition coefficient (Wildman–Crippen LogP) is 4.11. The van der Waals surface area contributed by atoms with Crippen LogP contribution in [0.3, 0.4) is 0 Å². The Morgan fingerprint density at radius 1 is 1.12 bits per heavy atom. The maximum absolute atomic E-state index is 11.4. The summed E-state index contributed by atoms with van der Waals surface area (Å²) in [6.07, 6.45) is 5.54. The summed E-state index contributed by atoms with van der Waals surface area (Å²) in [5.41, 5.74) is 7.57. The number of para-hydroxylation sites is 3. The first kappa shape index (κ1) is 27.4. The second-order valence-electron chi connectivity index (χ2n) is 12.1. The Morgan fingerprint density at radius 2 is 1.90 bits per heavy atom. The van der Waals surface area contributed by atoms with Crippen LogP contribution >= 0.6 is 0 Å². The molecule has 10 heteroatoms. The lowest BCUT2D eigenvalue weighted by Gasteiger charge is -2.42. The van der Waals surface area contributed by atoms with E-state index in [-0.39, 0.29) is 30.5 Å². The lowest BCUT2D eigenvalue weighted by atomic mass is 9.74. The van der Waals surface area contributed by atoms with E-state index in [2.05, 4.69) is 57.4 Å². The number of carboxylic acid groups (broad SMARTS) is 1. The summed E-state index contributed by atoms with van der Waals surface area (Å²) in [5.74, 6) is -0.184. The highest BCUT2D eigenvalue weighted by molar-refractivity contribution is 7.85. The molecule has 42 heavy (non-hydrogen) atoms. The first-order valence-electron chi connectivity index (χ1n) is 14.8. The summed E-state index contributed by atoms with van der Waals surface area (Å²) in [5, 5.41) is 9.39. The van der Waals surface area contributed by atoms with Crippen molar-refractivity contribution in [3.63, 3.8) is 0 Å². The van der Waals surface area contributed by atoms with Gasteiger partial charge in [-0.1, -0.05) is 30.3 Å². The quantitative estimate of drug-likeness (QED) is 0.311. The van der Waals surface area contributed by atoms with Crippen LogP contribution < -0.4 is 9.47 Å². The number of aromatic nitrogens is 2. The molecule has 0 aliphatic carbocycles. The minimum absolute atomic E-state index is 0.0481. The number of carbonyl (C=O) groups is 1. The van der Waals surface area contributed by atoms with Crippen LogP contribution in [0.15, 0.2) is 65.9 Å². The zero-order valence-electron chi connectivity index (χ0n) is 23.7. The number of imidazole rings is 1. The van der Waals surface area contributed by atoms with Crippen molar-refractivity contribution in [1.29, 1.82) is 0 Å². The van der Waals surface area contributed by atoms with Gasteiger partial charge >= 0.3 is 5.97 Å². The fraction of sp³-hybridized carbons (Fsp3) is 0.438. The predicted molar refractivity (Wildman–Crippen MR) is 157 cm³/mol. The van der Waals surface area contributed by atoms with Gasteiger partial charge in [0.15, 0.2) is 11.0 Å². The van der Waals surface area contributed by atoms with Gasteiger partial charge in [0.25, 0.3) is 5.82 Å². The molecule has 5 heterocycles. The third-order valence-corrected chi connectivity index (χ3v) is 10.3. The number of fused-ring (bicyclic) bond motifs is 9. The molecule has 0 radical (unpaired) electrons. The largest absolute Gasteiger partial charge is 0.748 e. The van der Waals surface area contributed by atoms with Gasteiger partial charge in [0.05, 0.1) is 41.0 Å². The van der Waals surface area contributed by atoms with Crippen molar-refractivity contribution in [3.05, 3.63) is 77.3 Å². The summed E-state index contributed by atoms with van der Waals surface area (Å²) < 4.78 is 45.6. The topological polar surface area (TPSA) is 116 Å². The van der Waals surface area contributed by atoms with Crippen LogP contribution in [0.2, 0.25) is 0 Å². The number of ether oxygens (including phenoxy) is 1. The molecule has 1 N–H and O–H groups in total. The van der Waals surface area contributed by atoms with Crippen LogP contribution in [0.25, 0.3) is 16.6 Å². The van der Waals surface area contributed by atoms with E-state index < -0.39 is 21.8 Å². The Kier molecular flexibility index (Phi) is 6.56. The molecule has 2 aromatic carbocycles. The molecule has 3 unspecified atom stereocenters. The van der Waals surface area contributed by atoms with Crippen LogP contribution in [-0.2, 0) is 38.2 Å². The molecule has 0 saturated heterocycles. The van der Waals surface area contributed by atoms with E-state index in [4.69, 9.17) is 4.74 Å². The van der Waals surface area contributed by atoms with Gasteiger partial charge in [0.2, 0.25) is 0 Å². The molecule has 3 aromatic rings. The van der Waals surface area contributed by atoms with Gasteiger partial charge in [0, 0.05) is 47.5 Å². The van der Waals surface area contributed by atoms with Crippen molar-refractivity contribution in [1.82, 2.24) is 4.57 Å². The summed E-state index contributed by atoms with van der Waals surface area (Å²) in [4.78, 5) is 13.8. The van der Waals surface area contributed by atoms with Crippen molar-refractivity contribution in [2.24, 2.45) is 0 Å². The van der Waals surface area contributed by atoms with Gasteiger partial charge in [-0.25, -0.2) is 17.6 Å². The van der Waals surface area contributed by atoms with Crippen LogP contribution in [0.4, 0.5) is 5.69 Å². The van der Waals surface area contributed by atoms with Crippen LogP contribution in [0.1, 0.15) is 56.8 Å². The number of hydrogen-bond acceptors (Lipinski definition) is 6. The maximum atomic E-state index is 11.4. The van der Waals surface area contributed by atoms with E-state index >= 15 is 0 Å². The Balaban J connectivity index is 1.39. The molecule has 0 spiro atoms. The molecule has 4 aliphatic heterocycles. The average Bonchev–Trinajstić information content (AvgIpc) is 3.41. The van der Waals surface area contributed by atoms with E-state index in [1.54, 1.807) is 0 Å². The molecule has 3 atom stereocenters. The smallest absolute Gasteiger partial charge is 0.303 e. The number of benzene rings is 2. The Morgan fingerprint density at radius 3 is 2.71 bits per heavy atom. The third-order valence-electron chi connectivity index (χ3n) is 9.49. The molecule has 0 fully saturated rings. The summed E-state index contributed by atoms with van der Waals surface area (Å²) in [6, 6.07) is 16.6. The highest BCUT2D eigenvalue weighted by atomic mass is 32.2. The van der Waals surface area contributed by atoms with Gasteiger partial charge in [-0.2, -0.15) is 0 Å². The monoisotopic (exact) mass is 589 g/mol. The average molecular weight is 590 g/mol. The summed E-state index contributed by atoms with van der Waals surface area (Å²) >= 11 is 0. The Hall–Kier alpha value is -3.47. The van der Waals surface area contributed by atoms with Crippen molar-refractivity contribution in [3.8, 4) is 0 Å². The maximum Gasteiger partial charge on any atom is 0.303 e. The van der Waals surface area contributed by atoms with Crippen molar-refractivity contribution in [2.45, 2.75) is 76.2 Å². The van der Waals surface area contributed by atoms with Crippen LogP contribution in [0.5, 0.6) is 0 Å². The minimum Gasteiger partial charge on any atom is -0.748 e. The first-order chi connectivity index (χ1) is 20.2. The standard InChI is InChI=1S/C32H35N3O6S/c1-32(15-6-12-29(36)37)23-8-2-3-9-24(23)33-17-13-27-21(30(32)33)20-22-28(41-27)14-18-35-26-11-5-4-10-25(26)34(31(22)35)16-7-19-42(38,39)40/h2-5,8-11,20,27-28H,6-7,12-19H2,1H3,(H-,36,37,38,39,40). The zero-order valence-corrected chi connectivity index (χ0v) is 24.5. The Bertz CT molecular complexity index is 1770. The lowest BCUT2D eigenvalue weighted by molar-refractivity contribution is -0.679. The van der Waals surface area contributed by atoms with Gasteiger partial charge in [-0.05, 0) is 62.4 Å². The van der Waals surface area contributed by atoms with E-state index in [0.29, 0.717) is 13.0 Å². The molecule has 4 aliphatic rings. The third kappa shape index (κ3) is 4.39. The molecule has 7 rings (SSSR count). The molecule has 9 nitrogen and oxygen atoms in total. The van der Waals surface area contributed by atoms with E-state index in [9.17, 15) is 22.9 Å². The normalized spacial score (nSPS) is 24.5. The number of aryl methyl sites for hydroxylation is 2.